The first-order chi connectivity index (χ1) is 6.70. The van der Waals surface area contributed by atoms with Crippen LogP contribution in [-0.4, -0.2) is 9.55 Å². The average Bonchev–Trinajstić information content (AvgIpc) is 2.48. The third kappa shape index (κ3) is 1.49. The largest absolute Gasteiger partial charge is 0.337 e. The smallest absolute Gasteiger partial charge is 0.182 e. The van der Waals surface area contributed by atoms with E-state index in [1.54, 1.807) is 0 Å². The molecule has 0 atom stereocenters. The summed E-state index contributed by atoms with van der Waals surface area (Å²) in [6.07, 6.45) is 1.87. The molecular weight excluding hydrogens is 216 g/mol. The van der Waals surface area contributed by atoms with Crippen molar-refractivity contribution in [2.75, 3.05) is 0 Å². The maximum absolute atomic E-state index is 6.08. The maximum atomic E-state index is 6.08. The number of aromatic nitrogens is 2. The Labute approximate surface area is 92.2 Å². The molecule has 2 rings (SSSR count). The number of hydrogen-bond acceptors (Lipinski definition) is 1. The van der Waals surface area contributed by atoms with E-state index in [9.17, 15) is 0 Å². The number of H-pyrrole nitrogens is 1. The minimum absolute atomic E-state index is 0.663. The van der Waals surface area contributed by atoms with Gasteiger partial charge in [-0.3, -0.25) is 4.57 Å². The molecular formula is C10H9ClN2S. The lowest BCUT2D eigenvalue weighted by molar-refractivity contribution is 0.985. The summed E-state index contributed by atoms with van der Waals surface area (Å²) in [6.45, 7) is 1.98. The summed E-state index contributed by atoms with van der Waals surface area (Å²) in [5, 5.41) is 0.700. The second-order valence-electron chi connectivity index (χ2n) is 3.02. The van der Waals surface area contributed by atoms with E-state index >= 15 is 0 Å². The Hall–Kier alpha value is -1.06. The molecule has 2 nitrogen and oxygen atoms in total. The summed E-state index contributed by atoms with van der Waals surface area (Å²) >= 11 is 11.2. The molecule has 2 aromatic rings. The fraction of sp³-hybridized carbons (Fsp3) is 0.100. The SMILES string of the molecule is Cc1c[nH]c(=S)n1-c1ccccc1Cl. The van der Waals surface area contributed by atoms with Gasteiger partial charge >= 0.3 is 0 Å². The molecule has 72 valence electrons. The van der Waals surface area contributed by atoms with E-state index in [0.29, 0.717) is 9.79 Å². The summed E-state index contributed by atoms with van der Waals surface area (Å²) in [5.74, 6) is 0. The first-order valence-electron chi connectivity index (χ1n) is 4.22. The standard InChI is InChI=1S/C10H9ClN2S/c1-7-6-12-10(14)13(7)9-5-3-2-4-8(9)11/h2-6H,1H3,(H,12,14). The minimum atomic E-state index is 0.663. The Kier molecular flexibility index (Phi) is 2.44. The fourth-order valence-corrected chi connectivity index (χ4v) is 1.91. The van der Waals surface area contributed by atoms with Gasteiger partial charge in [0, 0.05) is 11.9 Å². The van der Waals surface area contributed by atoms with Crippen molar-refractivity contribution in [1.29, 1.82) is 0 Å². The molecule has 0 radical (unpaired) electrons. The van der Waals surface area contributed by atoms with E-state index in [-0.39, 0.29) is 0 Å². The molecule has 0 saturated heterocycles. The van der Waals surface area contributed by atoms with Crippen molar-refractivity contribution in [3.05, 3.63) is 45.9 Å². The van der Waals surface area contributed by atoms with Gasteiger partial charge in [-0.15, -0.1) is 0 Å². The number of nitrogens with zero attached hydrogens (tertiary/aromatic N) is 1. The molecule has 1 heterocycles. The number of imidazole rings is 1. The zero-order valence-electron chi connectivity index (χ0n) is 7.62. The average molecular weight is 225 g/mol. The molecule has 4 heteroatoms. The van der Waals surface area contributed by atoms with Crippen molar-refractivity contribution in [3.8, 4) is 5.69 Å². The van der Waals surface area contributed by atoms with E-state index in [0.717, 1.165) is 11.4 Å². The Morgan fingerprint density at radius 1 is 1.36 bits per heavy atom. The molecule has 1 aromatic carbocycles. The lowest BCUT2D eigenvalue weighted by Gasteiger charge is -2.06. The van der Waals surface area contributed by atoms with E-state index < -0.39 is 0 Å². The first-order valence-corrected chi connectivity index (χ1v) is 5.00. The molecule has 0 saturated carbocycles. The molecule has 0 aliphatic rings. The van der Waals surface area contributed by atoms with Crippen LogP contribution in [-0.2, 0) is 0 Å². The lowest BCUT2D eigenvalue weighted by Crippen LogP contribution is -1.96. The summed E-state index contributed by atoms with van der Waals surface area (Å²) in [7, 11) is 0. The predicted octanol–water partition coefficient (Wildman–Crippen LogP) is 3.50. The van der Waals surface area contributed by atoms with Crippen molar-refractivity contribution in [2.24, 2.45) is 0 Å². The zero-order valence-corrected chi connectivity index (χ0v) is 9.19. The normalized spacial score (nSPS) is 10.4. The van der Waals surface area contributed by atoms with Crippen LogP contribution in [0.1, 0.15) is 5.69 Å². The quantitative estimate of drug-likeness (QED) is 0.736. The highest BCUT2D eigenvalue weighted by Crippen LogP contribution is 2.21. The minimum Gasteiger partial charge on any atom is -0.337 e. The van der Waals surface area contributed by atoms with Crippen LogP contribution in [0.15, 0.2) is 30.5 Å². The van der Waals surface area contributed by atoms with Gasteiger partial charge in [-0.2, -0.15) is 0 Å². The van der Waals surface area contributed by atoms with Crippen molar-refractivity contribution in [2.45, 2.75) is 6.92 Å². The lowest BCUT2D eigenvalue weighted by atomic mass is 10.3. The number of rotatable bonds is 1. The van der Waals surface area contributed by atoms with E-state index in [1.165, 1.54) is 0 Å². The van der Waals surface area contributed by atoms with Gasteiger partial charge in [0.15, 0.2) is 4.77 Å². The van der Waals surface area contributed by atoms with E-state index in [2.05, 4.69) is 4.98 Å². The van der Waals surface area contributed by atoms with Crippen LogP contribution in [0.2, 0.25) is 5.02 Å². The van der Waals surface area contributed by atoms with Crippen LogP contribution in [0, 0.1) is 11.7 Å². The van der Waals surface area contributed by atoms with Gasteiger partial charge in [-0.1, -0.05) is 23.7 Å². The Bertz CT molecular complexity index is 513. The highest BCUT2D eigenvalue weighted by atomic mass is 35.5. The summed E-state index contributed by atoms with van der Waals surface area (Å²) in [6, 6.07) is 7.64. The Morgan fingerprint density at radius 3 is 2.64 bits per heavy atom. The van der Waals surface area contributed by atoms with Gasteiger partial charge in [-0.25, -0.2) is 0 Å². The number of aryl methyl sites for hydroxylation is 1. The molecule has 1 N–H and O–H groups in total. The van der Waals surface area contributed by atoms with Gasteiger partial charge in [0.25, 0.3) is 0 Å². The first kappa shape index (κ1) is 9.49. The summed E-state index contributed by atoms with van der Waals surface area (Å²) in [4.78, 5) is 2.98. The van der Waals surface area contributed by atoms with Gasteiger partial charge in [-0.05, 0) is 31.3 Å². The van der Waals surface area contributed by atoms with Gasteiger partial charge in [0.2, 0.25) is 0 Å². The molecule has 0 fully saturated rings. The van der Waals surface area contributed by atoms with Gasteiger partial charge in [0.1, 0.15) is 0 Å². The van der Waals surface area contributed by atoms with Crippen LogP contribution < -0.4 is 0 Å². The fourth-order valence-electron chi connectivity index (χ4n) is 1.39. The molecule has 0 aliphatic heterocycles. The molecule has 0 amide bonds. The number of hydrogen-bond donors (Lipinski definition) is 1. The van der Waals surface area contributed by atoms with Crippen molar-refractivity contribution >= 4 is 23.8 Å². The highest BCUT2D eigenvalue weighted by molar-refractivity contribution is 7.71. The number of benzene rings is 1. The Morgan fingerprint density at radius 2 is 2.07 bits per heavy atom. The van der Waals surface area contributed by atoms with Gasteiger partial charge in [0.05, 0.1) is 10.7 Å². The molecule has 14 heavy (non-hydrogen) atoms. The van der Waals surface area contributed by atoms with Crippen LogP contribution in [0.5, 0.6) is 0 Å². The molecule has 0 unspecified atom stereocenters. The summed E-state index contributed by atoms with van der Waals surface area (Å²) in [5.41, 5.74) is 1.96. The Balaban J connectivity index is 2.72. The third-order valence-corrected chi connectivity index (χ3v) is 2.67. The highest BCUT2D eigenvalue weighted by Gasteiger charge is 2.05. The van der Waals surface area contributed by atoms with Crippen molar-refractivity contribution in [3.63, 3.8) is 0 Å². The van der Waals surface area contributed by atoms with E-state index in [1.807, 2.05) is 42.0 Å². The summed E-state index contributed by atoms with van der Waals surface area (Å²) < 4.78 is 2.58. The molecule has 0 bridgehead atoms. The number of aromatic amines is 1. The monoisotopic (exact) mass is 224 g/mol. The molecule has 0 aliphatic carbocycles. The molecule has 1 aromatic heterocycles. The number of nitrogens with one attached hydrogen (secondary N) is 1. The zero-order chi connectivity index (χ0) is 10.1. The van der Waals surface area contributed by atoms with Crippen molar-refractivity contribution in [1.82, 2.24) is 9.55 Å². The van der Waals surface area contributed by atoms with Crippen LogP contribution in [0.3, 0.4) is 0 Å². The second-order valence-corrected chi connectivity index (χ2v) is 3.82. The maximum Gasteiger partial charge on any atom is 0.182 e. The third-order valence-electron chi connectivity index (χ3n) is 2.05. The second kappa shape index (κ2) is 3.59. The number of halogens is 1. The van der Waals surface area contributed by atoms with Crippen molar-refractivity contribution < 1.29 is 0 Å². The van der Waals surface area contributed by atoms with Crippen LogP contribution in [0.4, 0.5) is 0 Å². The van der Waals surface area contributed by atoms with Crippen LogP contribution in [0.25, 0.3) is 5.69 Å². The number of para-hydroxylation sites is 1. The molecule has 0 spiro atoms. The van der Waals surface area contributed by atoms with E-state index in [4.69, 9.17) is 23.8 Å². The van der Waals surface area contributed by atoms with Gasteiger partial charge < -0.3 is 4.98 Å². The van der Waals surface area contributed by atoms with Crippen LogP contribution >= 0.6 is 23.8 Å². The predicted molar refractivity (Wildman–Crippen MR) is 60.7 cm³/mol. The topological polar surface area (TPSA) is 20.7 Å².